The number of benzene rings is 1. The van der Waals surface area contributed by atoms with Crippen LogP contribution in [0.4, 0.5) is 0 Å². The van der Waals surface area contributed by atoms with Crippen molar-refractivity contribution in [3.63, 3.8) is 0 Å². The van der Waals surface area contributed by atoms with Crippen LogP contribution in [0, 0.1) is 29.6 Å². The first-order valence-corrected chi connectivity index (χ1v) is 11.3. The van der Waals surface area contributed by atoms with Gasteiger partial charge < -0.3 is 5.32 Å². The molecule has 3 aromatic heterocycles. The molecule has 0 unspecified atom stereocenters. The van der Waals surface area contributed by atoms with Crippen molar-refractivity contribution in [2.24, 2.45) is 0 Å². The molecule has 4 heterocycles. The summed E-state index contributed by atoms with van der Waals surface area (Å²) in [5.74, 6) is 0.0412. The summed E-state index contributed by atoms with van der Waals surface area (Å²) >= 11 is 1.44. The van der Waals surface area contributed by atoms with Crippen LogP contribution < -0.4 is 5.32 Å². The fraction of sp³-hybridized carbons (Fsp3) is 0.208. The summed E-state index contributed by atoms with van der Waals surface area (Å²) < 4.78 is 3.63. The molecule has 1 aliphatic heterocycles. The van der Waals surface area contributed by atoms with Gasteiger partial charge >= 0.3 is 0 Å². The van der Waals surface area contributed by atoms with E-state index in [1.807, 2.05) is 48.3 Å². The molecule has 1 N–H and O–H groups in total. The van der Waals surface area contributed by atoms with E-state index in [-0.39, 0.29) is 11.9 Å². The van der Waals surface area contributed by atoms with Gasteiger partial charge in [-0.3, -0.25) is 9.48 Å². The molecule has 0 spiro atoms. The van der Waals surface area contributed by atoms with Crippen LogP contribution in [0.3, 0.4) is 0 Å². The van der Waals surface area contributed by atoms with Gasteiger partial charge in [-0.25, -0.2) is 4.52 Å². The number of amides is 1. The summed E-state index contributed by atoms with van der Waals surface area (Å²) in [6.07, 6.45) is 6.51. The number of aromatic nitrogens is 4. The first-order chi connectivity index (χ1) is 16.1. The monoisotopic (exact) mass is 453 g/mol. The highest BCUT2D eigenvalue weighted by atomic mass is 32.2. The molecule has 1 aromatic carbocycles. The van der Waals surface area contributed by atoms with Gasteiger partial charge in [0, 0.05) is 45.8 Å². The Morgan fingerprint density at radius 1 is 1.12 bits per heavy atom. The van der Waals surface area contributed by atoms with E-state index in [1.165, 1.54) is 11.8 Å². The lowest BCUT2D eigenvalue weighted by atomic mass is 10.0. The van der Waals surface area contributed by atoms with E-state index in [1.54, 1.807) is 16.8 Å². The summed E-state index contributed by atoms with van der Waals surface area (Å²) in [4.78, 5) is 13.5. The molecule has 4 aromatic rings. The van der Waals surface area contributed by atoms with Crippen molar-refractivity contribution >= 4 is 23.2 Å². The predicted octanol–water partition coefficient (Wildman–Crippen LogP) is 3.85. The maximum Gasteiger partial charge on any atom is 0.222 e. The van der Waals surface area contributed by atoms with Crippen LogP contribution in [0.5, 0.6) is 0 Å². The van der Waals surface area contributed by atoms with E-state index < -0.39 is 0 Å². The lowest BCUT2D eigenvalue weighted by Gasteiger charge is -2.23. The number of carbonyl (C=O) groups is 1. The van der Waals surface area contributed by atoms with Crippen LogP contribution in [0.2, 0.25) is 0 Å². The van der Waals surface area contributed by atoms with Gasteiger partial charge in [0.2, 0.25) is 5.91 Å². The van der Waals surface area contributed by atoms with E-state index in [4.69, 9.17) is 0 Å². The number of rotatable bonds is 4. The van der Waals surface area contributed by atoms with Gasteiger partial charge in [0.25, 0.3) is 0 Å². The Labute approximate surface area is 194 Å². The first-order valence-electron chi connectivity index (χ1n) is 10.5. The number of nitriles is 2. The largest absolute Gasteiger partial charge is 0.356 e. The number of fused-ring (bicyclic) bond motifs is 1. The molecule has 0 aliphatic carbocycles. The summed E-state index contributed by atoms with van der Waals surface area (Å²) in [5.41, 5.74) is 4.55. The van der Waals surface area contributed by atoms with Crippen molar-refractivity contribution in [1.29, 1.82) is 10.5 Å². The summed E-state index contributed by atoms with van der Waals surface area (Å²) in [5, 5.41) is 31.0. The quantitative estimate of drug-likeness (QED) is 0.502. The Kier molecular flexibility index (Phi) is 5.33. The smallest absolute Gasteiger partial charge is 0.222 e. The molecule has 0 radical (unpaired) electrons. The Morgan fingerprint density at radius 3 is 2.73 bits per heavy atom. The van der Waals surface area contributed by atoms with Crippen molar-refractivity contribution in [1.82, 2.24) is 24.7 Å². The second kappa shape index (κ2) is 8.45. The van der Waals surface area contributed by atoms with E-state index >= 15 is 0 Å². The third kappa shape index (κ3) is 3.73. The summed E-state index contributed by atoms with van der Waals surface area (Å²) in [6, 6.07) is 13.9. The van der Waals surface area contributed by atoms with Gasteiger partial charge in [0.05, 0.1) is 35.1 Å². The van der Waals surface area contributed by atoms with Gasteiger partial charge in [0.1, 0.15) is 12.1 Å². The lowest BCUT2D eigenvalue weighted by Crippen LogP contribution is -2.35. The maximum absolute atomic E-state index is 11.9. The number of nitrogens with one attached hydrogen (secondary N) is 1. The fourth-order valence-electron chi connectivity index (χ4n) is 4.21. The van der Waals surface area contributed by atoms with Crippen molar-refractivity contribution < 1.29 is 4.79 Å². The zero-order chi connectivity index (χ0) is 22.9. The van der Waals surface area contributed by atoms with Gasteiger partial charge in [0.15, 0.2) is 0 Å². The third-order valence-electron chi connectivity index (χ3n) is 5.85. The first kappa shape index (κ1) is 20.8. The van der Waals surface area contributed by atoms with Crippen LogP contribution in [0.15, 0.2) is 58.7 Å². The minimum atomic E-state index is 0.0301. The normalized spacial score (nSPS) is 15.7. The average Bonchev–Trinajstić information content (AvgIpc) is 3.42. The van der Waals surface area contributed by atoms with Crippen molar-refractivity contribution in [3.8, 4) is 23.3 Å². The molecule has 33 heavy (non-hydrogen) atoms. The predicted molar refractivity (Wildman–Crippen MR) is 122 cm³/mol. The number of hydrogen-bond donors (Lipinski definition) is 1. The molecule has 1 aliphatic rings. The SMILES string of the molecule is Cc1c(-c2cc(Sc3ccccc3C#N)c3c(C#N)cnn3c2)cnn1[C@H]1CCNC(=O)C1. The van der Waals surface area contributed by atoms with Gasteiger partial charge in [-0.1, -0.05) is 23.9 Å². The molecule has 1 amide bonds. The number of pyridine rings is 1. The average molecular weight is 454 g/mol. The van der Waals surface area contributed by atoms with Crippen LogP contribution in [-0.4, -0.2) is 31.8 Å². The number of hydrogen-bond acceptors (Lipinski definition) is 6. The second-order valence-corrected chi connectivity index (χ2v) is 8.93. The minimum absolute atomic E-state index is 0.0301. The molecule has 9 heteroatoms. The van der Waals surface area contributed by atoms with E-state index in [9.17, 15) is 15.3 Å². The Bertz CT molecular complexity index is 1470. The van der Waals surface area contributed by atoms with Crippen LogP contribution in [-0.2, 0) is 4.79 Å². The van der Waals surface area contributed by atoms with Crippen LogP contribution >= 0.6 is 11.8 Å². The van der Waals surface area contributed by atoms with Crippen LogP contribution in [0.25, 0.3) is 16.6 Å². The van der Waals surface area contributed by atoms with Gasteiger partial charge in [-0.05, 0) is 31.5 Å². The van der Waals surface area contributed by atoms with E-state index in [2.05, 4.69) is 27.7 Å². The molecule has 0 bridgehead atoms. The number of carbonyl (C=O) groups excluding carboxylic acids is 1. The van der Waals surface area contributed by atoms with Crippen LogP contribution in [0.1, 0.15) is 35.7 Å². The third-order valence-corrected chi connectivity index (χ3v) is 6.95. The zero-order valence-corrected chi connectivity index (χ0v) is 18.6. The fourth-order valence-corrected chi connectivity index (χ4v) is 5.30. The van der Waals surface area contributed by atoms with E-state index in [0.29, 0.717) is 29.6 Å². The standard InChI is InChI=1S/C24H19N7OS/c1-15-20(13-29-31(15)19-6-7-27-23(32)9-19)17-8-22(24-18(11-26)12-28-30(24)14-17)33-21-5-3-2-4-16(21)10-25/h2-5,8,12-14,19H,6-7,9H2,1H3,(H,27,32)/t19-/m0/s1. The zero-order valence-electron chi connectivity index (χ0n) is 17.8. The Hall–Kier alpha value is -4.08. The topological polar surface area (TPSA) is 112 Å². The second-order valence-electron chi connectivity index (χ2n) is 7.85. The molecule has 162 valence electrons. The Morgan fingerprint density at radius 2 is 1.94 bits per heavy atom. The molecule has 0 saturated carbocycles. The molecule has 8 nitrogen and oxygen atoms in total. The highest BCUT2D eigenvalue weighted by Crippen LogP contribution is 2.38. The minimum Gasteiger partial charge on any atom is -0.356 e. The number of nitrogens with zero attached hydrogens (tertiary/aromatic N) is 6. The molecule has 1 fully saturated rings. The number of piperidine rings is 1. The molecule has 1 atom stereocenters. The summed E-state index contributed by atoms with van der Waals surface area (Å²) in [7, 11) is 0. The van der Waals surface area contributed by atoms with Gasteiger partial charge in [-0.2, -0.15) is 20.7 Å². The molecule has 5 rings (SSSR count). The maximum atomic E-state index is 11.9. The molecular weight excluding hydrogens is 434 g/mol. The lowest BCUT2D eigenvalue weighted by molar-refractivity contribution is -0.123. The summed E-state index contributed by atoms with van der Waals surface area (Å²) in [6.45, 7) is 2.65. The van der Waals surface area contributed by atoms with E-state index in [0.717, 1.165) is 33.0 Å². The molecular formula is C24H19N7OS. The van der Waals surface area contributed by atoms with Gasteiger partial charge in [-0.15, -0.1) is 0 Å². The van der Waals surface area contributed by atoms with Crippen molar-refractivity contribution in [2.45, 2.75) is 35.6 Å². The Balaban J connectivity index is 1.62. The van der Waals surface area contributed by atoms with Crippen molar-refractivity contribution in [3.05, 3.63) is 65.7 Å². The molecule has 1 saturated heterocycles. The highest BCUT2D eigenvalue weighted by Gasteiger charge is 2.24. The van der Waals surface area contributed by atoms with Crippen molar-refractivity contribution in [2.75, 3.05) is 6.54 Å². The highest BCUT2D eigenvalue weighted by molar-refractivity contribution is 7.99.